The van der Waals surface area contributed by atoms with E-state index in [0.717, 1.165) is 5.56 Å². The van der Waals surface area contributed by atoms with Crippen molar-refractivity contribution in [3.8, 4) is 5.75 Å². The van der Waals surface area contributed by atoms with Crippen molar-refractivity contribution >= 4 is 56.6 Å². The van der Waals surface area contributed by atoms with Crippen LogP contribution in [0.5, 0.6) is 5.75 Å². The number of sulfonamides is 1. The average Bonchev–Trinajstić information content (AvgIpc) is 2.85. The zero-order valence-electron chi connectivity index (χ0n) is 18.7. The van der Waals surface area contributed by atoms with Gasteiger partial charge in [-0.1, -0.05) is 71.7 Å². The Hall–Kier alpha value is -2.39. The summed E-state index contributed by atoms with van der Waals surface area (Å²) in [5.41, 5.74) is 1.96. The number of anilines is 1. The highest BCUT2D eigenvalue weighted by atomic mass is 35.5. The fourth-order valence-electron chi connectivity index (χ4n) is 3.67. The van der Waals surface area contributed by atoms with Gasteiger partial charge in [0.25, 0.3) is 5.91 Å². The number of hydrogen-bond acceptors (Lipinski definition) is 5. The fourth-order valence-corrected chi connectivity index (χ4v) is 6.85. The third kappa shape index (κ3) is 6.44. The van der Waals surface area contributed by atoms with Crippen LogP contribution in [0.2, 0.25) is 10.0 Å². The van der Waals surface area contributed by atoms with Crippen molar-refractivity contribution < 1.29 is 17.9 Å². The Balaban J connectivity index is 1.38. The number of thioether (sulfide) groups is 1. The van der Waals surface area contributed by atoms with E-state index in [1.165, 1.54) is 4.31 Å². The lowest BCUT2D eigenvalue weighted by Crippen LogP contribution is -2.51. The third-order valence-electron chi connectivity index (χ3n) is 5.41. The normalized spacial score (nSPS) is 15.3. The summed E-state index contributed by atoms with van der Waals surface area (Å²) in [6.07, 6.45) is -0.960. The molecule has 1 aliphatic rings. The summed E-state index contributed by atoms with van der Waals surface area (Å²) in [5, 5.41) is 4.07. The zero-order chi connectivity index (χ0) is 24.8. The van der Waals surface area contributed by atoms with Crippen molar-refractivity contribution in [2.24, 2.45) is 0 Å². The van der Waals surface area contributed by atoms with Crippen molar-refractivity contribution in [2.45, 2.75) is 17.6 Å². The summed E-state index contributed by atoms with van der Waals surface area (Å²) in [6, 6.07) is 21.2. The summed E-state index contributed by atoms with van der Waals surface area (Å²) in [6.45, 7) is 0.296. The summed E-state index contributed by atoms with van der Waals surface area (Å²) in [4.78, 5) is 12.9. The maximum atomic E-state index is 13.3. The molecule has 0 saturated heterocycles. The second-order valence-corrected chi connectivity index (χ2v) is 11.7. The second-order valence-electron chi connectivity index (χ2n) is 7.89. The number of amides is 1. The largest absolute Gasteiger partial charge is 0.476 e. The third-order valence-corrected chi connectivity index (χ3v) is 8.82. The van der Waals surface area contributed by atoms with E-state index >= 15 is 0 Å². The topological polar surface area (TPSA) is 75.7 Å². The molecule has 184 valence electrons. The fraction of sp³-hybridized carbons (Fsp3) is 0.240. The summed E-state index contributed by atoms with van der Waals surface area (Å²) in [7, 11) is -3.74. The number of rotatable bonds is 9. The molecule has 0 saturated carbocycles. The van der Waals surface area contributed by atoms with Crippen LogP contribution in [0.15, 0.2) is 72.8 Å². The molecule has 1 N–H and O–H groups in total. The van der Waals surface area contributed by atoms with Gasteiger partial charge in [-0.2, -0.15) is 11.8 Å². The number of carbonyl (C=O) groups is 1. The van der Waals surface area contributed by atoms with Gasteiger partial charge in [-0.25, -0.2) is 8.42 Å². The number of para-hydroxylation sites is 2. The predicted molar refractivity (Wildman–Crippen MR) is 143 cm³/mol. The molecule has 35 heavy (non-hydrogen) atoms. The standard InChI is InChI=1S/C25H24Cl2N2O4S2/c26-20-9-6-10-21(27)19(20)16-34-14-13-28-25(30)24-15-29(22-11-4-5-12-23(22)33-24)35(31,32)17-18-7-2-1-3-8-18/h1-12,24H,13-17H2,(H,28,30)/t24-/m1/s1. The van der Waals surface area contributed by atoms with Crippen LogP contribution in [0.25, 0.3) is 0 Å². The minimum atomic E-state index is -3.74. The Labute approximate surface area is 219 Å². The van der Waals surface area contributed by atoms with E-state index in [9.17, 15) is 13.2 Å². The lowest BCUT2D eigenvalue weighted by atomic mass is 10.2. The first-order valence-electron chi connectivity index (χ1n) is 10.9. The van der Waals surface area contributed by atoms with Gasteiger partial charge in [-0.15, -0.1) is 0 Å². The number of fused-ring (bicyclic) bond motifs is 1. The number of nitrogens with zero attached hydrogens (tertiary/aromatic N) is 1. The molecule has 4 rings (SSSR count). The Kier molecular flexibility index (Phi) is 8.49. The molecule has 0 spiro atoms. The van der Waals surface area contributed by atoms with Crippen molar-refractivity contribution in [3.05, 3.63) is 94.0 Å². The SMILES string of the molecule is O=C(NCCSCc1c(Cl)cccc1Cl)[C@H]1CN(S(=O)(=O)Cc2ccccc2)c2ccccc2O1. The lowest BCUT2D eigenvalue weighted by Gasteiger charge is -2.34. The number of ether oxygens (including phenoxy) is 1. The van der Waals surface area contributed by atoms with Crippen LogP contribution >= 0.6 is 35.0 Å². The van der Waals surface area contributed by atoms with Gasteiger partial charge in [-0.05, 0) is 35.4 Å². The van der Waals surface area contributed by atoms with Gasteiger partial charge in [0, 0.05) is 28.1 Å². The lowest BCUT2D eigenvalue weighted by molar-refractivity contribution is -0.127. The first kappa shape index (κ1) is 25.7. The molecule has 3 aromatic carbocycles. The van der Waals surface area contributed by atoms with Crippen molar-refractivity contribution in [3.63, 3.8) is 0 Å². The summed E-state index contributed by atoms with van der Waals surface area (Å²) < 4.78 is 33.7. The van der Waals surface area contributed by atoms with Crippen LogP contribution in [0.3, 0.4) is 0 Å². The highest BCUT2D eigenvalue weighted by Gasteiger charge is 2.36. The zero-order valence-corrected chi connectivity index (χ0v) is 21.8. The molecule has 1 atom stereocenters. The predicted octanol–water partition coefficient (Wildman–Crippen LogP) is 5.14. The van der Waals surface area contributed by atoms with Crippen LogP contribution in [0.1, 0.15) is 11.1 Å². The van der Waals surface area contributed by atoms with E-state index in [1.54, 1.807) is 78.5 Å². The van der Waals surface area contributed by atoms with Gasteiger partial charge in [0.2, 0.25) is 10.0 Å². The number of benzene rings is 3. The molecule has 1 heterocycles. The monoisotopic (exact) mass is 550 g/mol. The van der Waals surface area contributed by atoms with E-state index in [2.05, 4.69) is 5.32 Å². The van der Waals surface area contributed by atoms with E-state index in [1.807, 2.05) is 6.07 Å². The van der Waals surface area contributed by atoms with Crippen LogP contribution in [0, 0.1) is 0 Å². The molecule has 6 nitrogen and oxygen atoms in total. The second kappa shape index (κ2) is 11.6. The molecule has 0 aliphatic carbocycles. The van der Waals surface area contributed by atoms with Crippen molar-refractivity contribution in [1.82, 2.24) is 5.32 Å². The van der Waals surface area contributed by atoms with Gasteiger partial charge in [0.1, 0.15) is 5.75 Å². The summed E-state index contributed by atoms with van der Waals surface area (Å²) >= 11 is 14.0. The van der Waals surface area contributed by atoms with E-state index in [-0.39, 0.29) is 18.2 Å². The molecular formula is C25H24Cl2N2O4S2. The minimum absolute atomic E-state index is 0.0968. The highest BCUT2D eigenvalue weighted by Crippen LogP contribution is 2.36. The number of halogens is 2. The molecule has 0 unspecified atom stereocenters. The van der Waals surface area contributed by atoms with E-state index < -0.39 is 16.1 Å². The maximum Gasteiger partial charge on any atom is 0.263 e. The van der Waals surface area contributed by atoms with E-state index in [0.29, 0.717) is 45.1 Å². The van der Waals surface area contributed by atoms with Gasteiger partial charge < -0.3 is 10.1 Å². The highest BCUT2D eigenvalue weighted by molar-refractivity contribution is 7.98. The number of nitrogens with one attached hydrogen (secondary N) is 1. The first-order chi connectivity index (χ1) is 16.8. The quantitative estimate of drug-likeness (QED) is 0.373. The molecule has 10 heteroatoms. The van der Waals surface area contributed by atoms with Gasteiger partial charge in [0.15, 0.2) is 6.10 Å². The van der Waals surface area contributed by atoms with E-state index in [4.69, 9.17) is 27.9 Å². The van der Waals surface area contributed by atoms with Crippen LogP contribution in [-0.4, -0.2) is 39.3 Å². The van der Waals surface area contributed by atoms with Gasteiger partial charge in [-0.3, -0.25) is 9.10 Å². The molecule has 0 aromatic heterocycles. The Morgan fingerprint density at radius 1 is 1.00 bits per heavy atom. The van der Waals surface area contributed by atoms with Crippen molar-refractivity contribution in [1.29, 1.82) is 0 Å². The minimum Gasteiger partial charge on any atom is -0.476 e. The molecule has 0 bridgehead atoms. The molecular weight excluding hydrogens is 527 g/mol. The summed E-state index contributed by atoms with van der Waals surface area (Å²) in [5.74, 6) is 1.08. The average molecular weight is 552 g/mol. The van der Waals surface area contributed by atoms with Gasteiger partial charge >= 0.3 is 0 Å². The van der Waals surface area contributed by atoms with Crippen molar-refractivity contribution in [2.75, 3.05) is 23.1 Å². The molecule has 1 aliphatic heterocycles. The maximum absolute atomic E-state index is 13.3. The number of carbonyl (C=O) groups excluding carboxylic acids is 1. The van der Waals surface area contributed by atoms with Crippen LogP contribution in [0.4, 0.5) is 5.69 Å². The Morgan fingerprint density at radius 2 is 1.69 bits per heavy atom. The molecule has 0 radical (unpaired) electrons. The molecule has 0 fully saturated rings. The van der Waals surface area contributed by atoms with Gasteiger partial charge in [0.05, 0.1) is 18.0 Å². The first-order valence-corrected chi connectivity index (χ1v) is 14.5. The number of hydrogen-bond donors (Lipinski definition) is 1. The Morgan fingerprint density at radius 3 is 2.43 bits per heavy atom. The Bertz CT molecular complexity index is 1270. The van der Waals surface area contributed by atoms with Crippen LogP contribution < -0.4 is 14.4 Å². The van der Waals surface area contributed by atoms with Crippen LogP contribution in [-0.2, 0) is 26.3 Å². The molecule has 1 amide bonds. The smallest absolute Gasteiger partial charge is 0.263 e. The molecule has 3 aromatic rings.